The van der Waals surface area contributed by atoms with Crippen molar-refractivity contribution in [3.05, 3.63) is 53.1 Å². The van der Waals surface area contributed by atoms with Gasteiger partial charge in [0, 0.05) is 15.5 Å². The van der Waals surface area contributed by atoms with E-state index in [2.05, 4.69) is 4.74 Å². The van der Waals surface area contributed by atoms with E-state index in [1.807, 2.05) is 19.1 Å². The van der Waals surface area contributed by atoms with Crippen molar-refractivity contribution < 1.29 is 19.1 Å². The lowest BCUT2D eigenvalue weighted by molar-refractivity contribution is 0.0590. The predicted octanol–water partition coefficient (Wildman–Crippen LogP) is 3.30. The smallest absolute Gasteiger partial charge is 0.339 e. The number of ether oxygens (including phenoxy) is 2. The van der Waals surface area contributed by atoms with Crippen LogP contribution in [0.5, 0.6) is 0 Å². The maximum Gasteiger partial charge on any atom is 0.339 e. The lowest BCUT2D eigenvalue weighted by Gasteiger charge is -2.11. The highest BCUT2D eigenvalue weighted by molar-refractivity contribution is 7.99. The summed E-state index contributed by atoms with van der Waals surface area (Å²) in [6.45, 7) is 1.94. The fourth-order valence-corrected chi connectivity index (χ4v) is 3.05. The summed E-state index contributed by atoms with van der Waals surface area (Å²) in [6.07, 6.45) is 0. The molecule has 0 radical (unpaired) electrons. The number of rotatable bonds is 4. The van der Waals surface area contributed by atoms with Crippen molar-refractivity contribution in [2.45, 2.75) is 16.7 Å². The van der Waals surface area contributed by atoms with Gasteiger partial charge in [-0.2, -0.15) is 0 Å². The average Bonchev–Trinajstić information content (AvgIpc) is 2.55. The van der Waals surface area contributed by atoms with Gasteiger partial charge in [0.15, 0.2) is 0 Å². The quantitative estimate of drug-likeness (QED) is 0.684. The molecule has 0 aromatic heterocycles. The first-order valence-electron chi connectivity index (χ1n) is 6.81. The second-order valence-corrected chi connectivity index (χ2v) is 5.92. The molecule has 5 nitrogen and oxygen atoms in total. The van der Waals surface area contributed by atoms with E-state index in [1.165, 1.54) is 26.0 Å². The van der Waals surface area contributed by atoms with Crippen LogP contribution in [0.3, 0.4) is 0 Å². The summed E-state index contributed by atoms with van der Waals surface area (Å²) in [5.74, 6) is -0.851. The fourth-order valence-electron chi connectivity index (χ4n) is 2.00. The Balaban J connectivity index is 2.37. The van der Waals surface area contributed by atoms with Crippen LogP contribution in [0.25, 0.3) is 0 Å². The third kappa shape index (κ3) is 3.84. The molecule has 0 amide bonds. The number of carbonyl (C=O) groups is 2. The minimum absolute atomic E-state index is 0.381. The molecule has 0 bridgehead atoms. The molecule has 2 rings (SSSR count). The van der Waals surface area contributed by atoms with Crippen LogP contribution in [0.2, 0.25) is 0 Å². The Labute approximate surface area is 138 Å². The summed E-state index contributed by atoms with van der Waals surface area (Å²) in [4.78, 5) is 24.9. The molecule has 2 aromatic rings. The molecule has 120 valence electrons. The number of hydrogen-bond donors (Lipinski definition) is 1. The molecule has 0 saturated heterocycles. The lowest BCUT2D eigenvalue weighted by Crippen LogP contribution is -2.04. The van der Waals surface area contributed by atoms with Gasteiger partial charge in [0.05, 0.1) is 25.3 Å². The number of esters is 2. The summed E-state index contributed by atoms with van der Waals surface area (Å²) >= 11 is 1.35. The number of benzene rings is 2. The zero-order chi connectivity index (χ0) is 17.0. The topological polar surface area (TPSA) is 78.6 Å². The third-order valence-electron chi connectivity index (χ3n) is 3.19. The van der Waals surface area contributed by atoms with Gasteiger partial charge in [-0.25, -0.2) is 9.59 Å². The summed E-state index contributed by atoms with van der Waals surface area (Å²) < 4.78 is 9.47. The third-order valence-corrected chi connectivity index (χ3v) is 4.34. The fraction of sp³-hybridized carbons (Fsp3) is 0.176. The number of anilines is 1. The van der Waals surface area contributed by atoms with Crippen LogP contribution in [0, 0.1) is 6.92 Å². The van der Waals surface area contributed by atoms with Crippen molar-refractivity contribution in [2.75, 3.05) is 20.0 Å². The van der Waals surface area contributed by atoms with Crippen LogP contribution in [0.15, 0.2) is 46.2 Å². The molecular weight excluding hydrogens is 314 g/mol. The van der Waals surface area contributed by atoms with Crippen LogP contribution in [0.4, 0.5) is 5.69 Å². The number of nitrogen functional groups attached to an aromatic ring is 1. The molecule has 6 heteroatoms. The number of methoxy groups -OCH3 is 2. The van der Waals surface area contributed by atoms with Gasteiger partial charge >= 0.3 is 11.9 Å². The largest absolute Gasteiger partial charge is 0.465 e. The van der Waals surface area contributed by atoms with E-state index >= 15 is 0 Å². The van der Waals surface area contributed by atoms with E-state index in [9.17, 15) is 9.59 Å². The molecule has 0 spiro atoms. The first kappa shape index (κ1) is 16.9. The van der Waals surface area contributed by atoms with Crippen LogP contribution >= 0.6 is 11.8 Å². The molecule has 2 aromatic carbocycles. The number of nitrogens with two attached hydrogens (primary N) is 1. The number of carbonyl (C=O) groups excluding carboxylic acids is 2. The molecule has 0 saturated carbocycles. The first-order chi connectivity index (χ1) is 11.0. The van der Waals surface area contributed by atoms with Crippen molar-refractivity contribution >= 4 is 29.4 Å². The summed E-state index contributed by atoms with van der Waals surface area (Å²) in [6, 6.07) is 10.4. The Morgan fingerprint density at radius 1 is 0.957 bits per heavy atom. The maximum absolute atomic E-state index is 11.9. The molecule has 0 fully saturated rings. The highest BCUT2D eigenvalue weighted by atomic mass is 32.2. The lowest BCUT2D eigenvalue weighted by atomic mass is 10.1. The predicted molar refractivity (Wildman–Crippen MR) is 88.8 cm³/mol. The van der Waals surface area contributed by atoms with Gasteiger partial charge in [0.25, 0.3) is 0 Å². The molecular formula is C17H17NO4S. The van der Waals surface area contributed by atoms with Gasteiger partial charge in [0.2, 0.25) is 0 Å². The Morgan fingerprint density at radius 2 is 1.65 bits per heavy atom. The minimum atomic E-state index is -0.445. The summed E-state index contributed by atoms with van der Waals surface area (Å²) in [5, 5.41) is 0. The van der Waals surface area contributed by atoms with Crippen molar-refractivity contribution in [1.82, 2.24) is 0 Å². The molecule has 0 aliphatic heterocycles. The van der Waals surface area contributed by atoms with Crippen molar-refractivity contribution in [3.63, 3.8) is 0 Å². The minimum Gasteiger partial charge on any atom is -0.465 e. The van der Waals surface area contributed by atoms with E-state index in [4.69, 9.17) is 10.5 Å². The van der Waals surface area contributed by atoms with Crippen molar-refractivity contribution in [2.24, 2.45) is 0 Å². The monoisotopic (exact) mass is 331 g/mol. The molecule has 2 N–H and O–H groups in total. The summed E-state index contributed by atoms with van der Waals surface area (Å²) in [5.41, 5.74) is 8.33. The highest BCUT2D eigenvalue weighted by Gasteiger charge is 2.15. The van der Waals surface area contributed by atoms with Crippen LogP contribution in [-0.2, 0) is 9.47 Å². The maximum atomic E-state index is 11.9. The van der Waals surface area contributed by atoms with Gasteiger partial charge in [0.1, 0.15) is 0 Å². The SMILES string of the molecule is COC(=O)c1ccc(Sc2cc(C)ccc2C(=O)OC)c(N)c1. The summed E-state index contributed by atoms with van der Waals surface area (Å²) in [7, 11) is 2.66. The normalized spacial score (nSPS) is 10.2. The van der Waals surface area contributed by atoms with E-state index in [-0.39, 0.29) is 0 Å². The zero-order valence-corrected chi connectivity index (χ0v) is 13.9. The average molecular weight is 331 g/mol. The molecule has 0 atom stereocenters. The van der Waals surface area contributed by atoms with E-state index in [1.54, 1.807) is 24.3 Å². The van der Waals surface area contributed by atoms with Gasteiger partial charge in [-0.3, -0.25) is 0 Å². The van der Waals surface area contributed by atoms with E-state index < -0.39 is 11.9 Å². The second kappa shape index (κ2) is 7.19. The van der Waals surface area contributed by atoms with Gasteiger partial charge in [-0.05, 0) is 42.8 Å². The van der Waals surface area contributed by atoms with Gasteiger partial charge in [-0.1, -0.05) is 17.8 Å². The van der Waals surface area contributed by atoms with Crippen molar-refractivity contribution in [1.29, 1.82) is 0 Å². The van der Waals surface area contributed by atoms with Crippen LogP contribution in [-0.4, -0.2) is 26.2 Å². The van der Waals surface area contributed by atoms with Crippen LogP contribution in [0.1, 0.15) is 26.3 Å². The van der Waals surface area contributed by atoms with Gasteiger partial charge < -0.3 is 15.2 Å². The van der Waals surface area contributed by atoms with E-state index in [0.29, 0.717) is 16.8 Å². The molecule has 0 aliphatic rings. The highest BCUT2D eigenvalue weighted by Crippen LogP contribution is 2.35. The molecule has 0 heterocycles. The Morgan fingerprint density at radius 3 is 2.26 bits per heavy atom. The standard InChI is InChI=1S/C17H17NO4S/c1-10-4-6-12(17(20)22-3)15(8-10)23-14-7-5-11(9-13(14)18)16(19)21-2/h4-9H,18H2,1-3H3. The molecule has 0 aliphatic carbocycles. The van der Waals surface area contributed by atoms with Crippen LogP contribution < -0.4 is 5.73 Å². The molecule has 23 heavy (non-hydrogen) atoms. The Bertz CT molecular complexity index is 758. The van der Waals surface area contributed by atoms with Gasteiger partial charge in [-0.15, -0.1) is 0 Å². The number of aryl methyl sites for hydroxylation is 1. The Kier molecular flexibility index (Phi) is 5.28. The Hall–Kier alpha value is -2.47. The second-order valence-electron chi connectivity index (χ2n) is 4.84. The number of hydrogen-bond acceptors (Lipinski definition) is 6. The van der Waals surface area contributed by atoms with Crippen molar-refractivity contribution in [3.8, 4) is 0 Å². The molecule has 0 unspecified atom stereocenters. The van der Waals surface area contributed by atoms with E-state index in [0.717, 1.165) is 15.4 Å². The first-order valence-corrected chi connectivity index (χ1v) is 7.62. The zero-order valence-electron chi connectivity index (χ0n) is 13.1.